The monoisotopic (exact) mass is 271 g/mol. The molecule has 1 unspecified atom stereocenters. The number of hydrogen-bond acceptors (Lipinski definition) is 4. The molecule has 1 aromatic carbocycles. The van der Waals surface area contributed by atoms with Crippen LogP contribution in [0.25, 0.3) is 10.9 Å². The van der Waals surface area contributed by atoms with E-state index in [9.17, 15) is 0 Å². The molecule has 1 aromatic heterocycles. The zero-order valence-electron chi connectivity index (χ0n) is 11.6. The lowest BCUT2D eigenvalue weighted by atomic mass is 10.1. The van der Waals surface area contributed by atoms with Gasteiger partial charge in [-0.2, -0.15) is 0 Å². The molecular weight excluding hydrogens is 250 g/mol. The van der Waals surface area contributed by atoms with Crippen LogP contribution in [0, 0.1) is 0 Å². The summed E-state index contributed by atoms with van der Waals surface area (Å²) in [4.78, 5) is 4.59. The van der Waals surface area contributed by atoms with Gasteiger partial charge in [0.2, 0.25) is 0 Å². The molecule has 1 aliphatic rings. The van der Waals surface area contributed by atoms with Crippen molar-refractivity contribution in [2.75, 3.05) is 24.2 Å². The number of hydrogen-bond donors (Lipinski definition) is 2. The molecule has 4 heteroatoms. The number of benzene rings is 1. The summed E-state index contributed by atoms with van der Waals surface area (Å²) in [6.07, 6.45) is 5.14. The van der Waals surface area contributed by atoms with Crippen LogP contribution in [0.4, 0.5) is 11.5 Å². The van der Waals surface area contributed by atoms with Crippen LogP contribution in [0.3, 0.4) is 0 Å². The van der Waals surface area contributed by atoms with E-state index < -0.39 is 0 Å². The molecule has 2 heterocycles. The summed E-state index contributed by atoms with van der Waals surface area (Å²) in [5.74, 6) is 0.915. The summed E-state index contributed by atoms with van der Waals surface area (Å²) in [7, 11) is 0. The summed E-state index contributed by atoms with van der Waals surface area (Å²) < 4.78 is 5.72. The number of pyridine rings is 1. The Morgan fingerprint density at radius 1 is 1.25 bits per heavy atom. The maximum absolute atomic E-state index is 5.77. The molecule has 0 amide bonds. The van der Waals surface area contributed by atoms with Crippen LogP contribution < -0.4 is 11.1 Å². The molecule has 1 aliphatic heterocycles. The third-order valence-electron chi connectivity index (χ3n) is 3.76. The van der Waals surface area contributed by atoms with E-state index in [0.717, 1.165) is 42.0 Å². The number of anilines is 2. The number of rotatable bonds is 4. The largest absolute Gasteiger partial charge is 0.399 e. The van der Waals surface area contributed by atoms with Crippen LogP contribution in [-0.4, -0.2) is 24.2 Å². The SMILES string of the molecule is Nc1ccc2nc(NCCC3CCCCO3)ccc2c1. The van der Waals surface area contributed by atoms with Crippen molar-refractivity contribution in [3.63, 3.8) is 0 Å². The van der Waals surface area contributed by atoms with Gasteiger partial charge in [0.05, 0.1) is 11.6 Å². The number of nitrogens with two attached hydrogens (primary N) is 1. The van der Waals surface area contributed by atoms with E-state index in [-0.39, 0.29) is 0 Å². The molecule has 0 bridgehead atoms. The maximum atomic E-state index is 5.77. The summed E-state index contributed by atoms with van der Waals surface area (Å²) in [5, 5.41) is 4.45. The molecule has 1 atom stereocenters. The van der Waals surface area contributed by atoms with Crippen LogP contribution in [0.2, 0.25) is 0 Å². The molecule has 1 saturated heterocycles. The fraction of sp³-hybridized carbons (Fsp3) is 0.438. The second kappa shape index (κ2) is 6.09. The minimum absolute atomic E-state index is 0.413. The van der Waals surface area contributed by atoms with Crippen molar-refractivity contribution in [1.29, 1.82) is 0 Å². The highest BCUT2D eigenvalue weighted by Crippen LogP contribution is 2.19. The minimum atomic E-state index is 0.413. The summed E-state index contributed by atoms with van der Waals surface area (Å²) in [6.45, 7) is 1.82. The van der Waals surface area contributed by atoms with Crippen LogP contribution in [0.15, 0.2) is 30.3 Å². The zero-order valence-corrected chi connectivity index (χ0v) is 11.6. The number of nitrogens with one attached hydrogen (secondary N) is 1. The van der Waals surface area contributed by atoms with Crippen molar-refractivity contribution in [1.82, 2.24) is 4.98 Å². The lowest BCUT2D eigenvalue weighted by Gasteiger charge is -2.22. The summed E-state index contributed by atoms with van der Waals surface area (Å²) in [5.41, 5.74) is 7.51. The van der Waals surface area contributed by atoms with Gasteiger partial charge in [0, 0.05) is 24.2 Å². The molecule has 0 saturated carbocycles. The van der Waals surface area contributed by atoms with E-state index in [2.05, 4.69) is 16.4 Å². The molecule has 2 aromatic rings. The van der Waals surface area contributed by atoms with Gasteiger partial charge in [-0.05, 0) is 56.0 Å². The van der Waals surface area contributed by atoms with Crippen molar-refractivity contribution in [2.45, 2.75) is 31.8 Å². The number of ether oxygens (including phenoxy) is 1. The Balaban J connectivity index is 1.58. The predicted octanol–water partition coefficient (Wildman–Crippen LogP) is 3.19. The van der Waals surface area contributed by atoms with Gasteiger partial charge >= 0.3 is 0 Å². The molecule has 20 heavy (non-hydrogen) atoms. The average Bonchev–Trinajstić information content (AvgIpc) is 2.48. The van der Waals surface area contributed by atoms with Crippen molar-refractivity contribution in [3.05, 3.63) is 30.3 Å². The third kappa shape index (κ3) is 3.20. The van der Waals surface area contributed by atoms with Crippen molar-refractivity contribution in [2.24, 2.45) is 0 Å². The van der Waals surface area contributed by atoms with Crippen LogP contribution >= 0.6 is 0 Å². The Kier molecular flexibility index (Phi) is 4.02. The van der Waals surface area contributed by atoms with Gasteiger partial charge in [0.25, 0.3) is 0 Å². The van der Waals surface area contributed by atoms with Crippen molar-refractivity contribution >= 4 is 22.4 Å². The summed E-state index contributed by atoms with van der Waals surface area (Å²) >= 11 is 0. The van der Waals surface area contributed by atoms with Gasteiger partial charge in [-0.3, -0.25) is 0 Å². The Bertz CT molecular complexity index is 579. The van der Waals surface area contributed by atoms with Crippen molar-refractivity contribution < 1.29 is 4.74 Å². The Hall–Kier alpha value is -1.81. The van der Waals surface area contributed by atoms with E-state index in [1.807, 2.05) is 24.3 Å². The fourth-order valence-electron chi connectivity index (χ4n) is 2.64. The molecule has 3 N–H and O–H groups in total. The number of nitrogens with zero attached hydrogens (tertiary/aromatic N) is 1. The third-order valence-corrected chi connectivity index (χ3v) is 3.76. The first-order valence-electron chi connectivity index (χ1n) is 7.33. The van der Waals surface area contributed by atoms with Crippen LogP contribution in [-0.2, 0) is 4.74 Å². The number of nitrogen functional groups attached to an aromatic ring is 1. The van der Waals surface area contributed by atoms with Gasteiger partial charge in [0.15, 0.2) is 0 Å². The normalized spacial score (nSPS) is 19.1. The lowest BCUT2D eigenvalue weighted by Crippen LogP contribution is -2.22. The molecule has 0 radical (unpaired) electrons. The van der Waals surface area contributed by atoms with Gasteiger partial charge < -0.3 is 15.8 Å². The highest BCUT2D eigenvalue weighted by Gasteiger charge is 2.13. The number of aromatic nitrogens is 1. The minimum Gasteiger partial charge on any atom is -0.399 e. The summed E-state index contributed by atoms with van der Waals surface area (Å²) in [6, 6.07) is 9.85. The van der Waals surface area contributed by atoms with E-state index in [1.54, 1.807) is 0 Å². The molecule has 4 nitrogen and oxygen atoms in total. The van der Waals surface area contributed by atoms with Crippen LogP contribution in [0.1, 0.15) is 25.7 Å². The first kappa shape index (κ1) is 13.2. The Morgan fingerprint density at radius 3 is 3.05 bits per heavy atom. The van der Waals surface area contributed by atoms with Crippen LogP contribution in [0.5, 0.6) is 0 Å². The second-order valence-electron chi connectivity index (χ2n) is 5.35. The average molecular weight is 271 g/mol. The first-order valence-corrected chi connectivity index (χ1v) is 7.33. The Morgan fingerprint density at radius 2 is 2.20 bits per heavy atom. The molecule has 0 spiro atoms. The van der Waals surface area contributed by atoms with Gasteiger partial charge in [-0.15, -0.1) is 0 Å². The van der Waals surface area contributed by atoms with Gasteiger partial charge in [-0.1, -0.05) is 0 Å². The standard InChI is InChI=1S/C16H21N3O/c17-13-5-6-15-12(11-13)4-7-16(19-15)18-9-8-14-3-1-2-10-20-14/h4-7,11,14H,1-3,8-10,17H2,(H,18,19). The molecule has 1 fully saturated rings. The van der Waals surface area contributed by atoms with E-state index in [1.165, 1.54) is 19.3 Å². The predicted molar refractivity (Wildman–Crippen MR) is 82.9 cm³/mol. The highest BCUT2D eigenvalue weighted by atomic mass is 16.5. The number of fused-ring (bicyclic) bond motifs is 1. The maximum Gasteiger partial charge on any atom is 0.126 e. The van der Waals surface area contributed by atoms with E-state index >= 15 is 0 Å². The molecule has 3 rings (SSSR count). The second-order valence-corrected chi connectivity index (χ2v) is 5.35. The van der Waals surface area contributed by atoms with E-state index in [0.29, 0.717) is 6.10 Å². The lowest BCUT2D eigenvalue weighted by molar-refractivity contribution is 0.0134. The Labute approximate surface area is 119 Å². The fourth-order valence-corrected chi connectivity index (χ4v) is 2.64. The highest BCUT2D eigenvalue weighted by molar-refractivity contribution is 5.83. The molecule has 0 aliphatic carbocycles. The first-order chi connectivity index (χ1) is 9.81. The van der Waals surface area contributed by atoms with Crippen molar-refractivity contribution in [3.8, 4) is 0 Å². The topological polar surface area (TPSA) is 60.2 Å². The van der Waals surface area contributed by atoms with E-state index in [4.69, 9.17) is 10.5 Å². The molecular formula is C16H21N3O. The smallest absolute Gasteiger partial charge is 0.126 e. The molecule has 106 valence electrons. The zero-order chi connectivity index (χ0) is 13.8. The van der Waals surface area contributed by atoms with Gasteiger partial charge in [0.1, 0.15) is 5.82 Å². The quantitative estimate of drug-likeness (QED) is 0.838. The van der Waals surface area contributed by atoms with Gasteiger partial charge in [-0.25, -0.2) is 4.98 Å².